The van der Waals surface area contributed by atoms with E-state index in [2.05, 4.69) is 0 Å². The summed E-state index contributed by atoms with van der Waals surface area (Å²) in [5.41, 5.74) is 3.61. The molecule has 0 amide bonds. The van der Waals surface area contributed by atoms with E-state index in [1.807, 2.05) is 0 Å². The van der Waals surface area contributed by atoms with Gasteiger partial charge >= 0.3 is 6.18 Å². The van der Waals surface area contributed by atoms with Gasteiger partial charge in [0, 0.05) is 6.54 Å². The Kier molecular flexibility index (Phi) is 4.29. The van der Waals surface area contributed by atoms with E-state index < -0.39 is 23.9 Å². The predicted octanol–water partition coefficient (Wildman–Crippen LogP) is 0.930. The molecule has 0 aromatic heterocycles. The molecule has 18 heavy (non-hydrogen) atoms. The second kappa shape index (κ2) is 5.35. The monoisotopic (exact) mass is 260 g/mol. The van der Waals surface area contributed by atoms with Crippen LogP contribution in [0.4, 0.5) is 13.2 Å². The van der Waals surface area contributed by atoms with Gasteiger partial charge in [-0.1, -0.05) is 0 Å². The zero-order valence-electron chi connectivity index (χ0n) is 9.15. The van der Waals surface area contributed by atoms with Gasteiger partial charge in [0.1, 0.15) is 6.10 Å². The molecule has 1 aromatic rings. The van der Waals surface area contributed by atoms with Crippen LogP contribution in [0.25, 0.3) is 0 Å². The van der Waals surface area contributed by atoms with Crippen molar-refractivity contribution >= 4 is 0 Å². The highest BCUT2D eigenvalue weighted by molar-refractivity contribution is 5.39. The molecule has 0 saturated carbocycles. The molecule has 2 atom stereocenters. The molecule has 0 heterocycles. The Morgan fingerprint density at radius 1 is 1.28 bits per heavy atom. The van der Waals surface area contributed by atoms with E-state index in [-0.39, 0.29) is 17.7 Å². The molecule has 0 fully saturated rings. The number of hydrogen-bond donors (Lipinski definition) is 3. The van der Waals surface area contributed by atoms with Gasteiger partial charge in [0.15, 0.2) is 0 Å². The largest absolute Gasteiger partial charge is 0.416 e. The average molecular weight is 260 g/mol. The first-order valence-corrected chi connectivity index (χ1v) is 4.98. The number of aliphatic hydroxyl groups is 2. The van der Waals surface area contributed by atoms with E-state index in [0.29, 0.717) is 12.1 Å². The van der Waals surface area contributed by atoms with Crippen molar-refractivity contribution in [2.75, 3.05) is 6.54 Å². The SMILES string of the molecule is N#Cc1cc(C(O)C(O)CN)cc(C(F)(F)F)c1. The maximum absolute atomic E-state index is 12.6. The number of benzene rings is 1. The standard InChI is InChI=1S/C11H11F3N2O2/c12-11(13,14)8-2-6(4-15)1-7(3-8)10(18)9(17)5-16/h1-3,9-10,17-18H,5,16H2. The van der Waals surface area contributed by atoms with Gasteiger partial charge < -0.3 is 15.9 Å². The molecule has 0 aliphatic carbocycles. The molecule has 2 unspecified atom stereocenters. The second-order valence-electron chi connectivity index (χ2n) is 3.70. The van der Waals surface area contributed by atoms with Crippen molar-refractivity contribution in [1.29, 1.82) is 5.26 Å². The first-order valence-electron chi connectivity index (χ1n) is 4.98. The van der Waals surface area contributed by atoms with Crippen molar-refractivity contribution in [1.82, 2.24) is 0 Å². The molecular formula is C11H11F3N2O2. The number of halogens is 3. The number of nitrogens with zero attached hydrogens (tertiary/aromatic N) is 1. The Hall–Kier alpha value is -1.62. The lowest BCUT2D eigenvalue weighted by Gasteiger charge is -2.18. The molecular weight excluding hydrogens is 249 g/mol. The Labute approximate surface area is 101 Å². The lowest BCUT2D eigenvalue weighted by molar-refractivity contribution is -0.137. The van der Waals surface area contributed by atoms with E-state index in [1.165, 1.54) is 0 Å². The topological polar surface area (TPSA) is 90.3 Å². The highest BCUT2D eigenvalue weighted by Gasteiger charge is 2.32. The van der Waals surface area contributed by atoms with Crippen molar-refractivity contribution in [2.45, 2.75) is 18.4 Å². The van der Waals surface area contributed by atoms with E-state index in [9.17, 15) is 23.4 Å². The molecule has 0 saturated heterocycles. The minimum Gasteiger partial charge on any atom is -0.389 e. The number of aliphatic hydroxyl groups excluding tert-OH is 2. The lowest BCUT2D eigenvalue weighted by Crippen LogP contribution is -2.27. The van der Waals surface area contributed by atoms with Crippen LogP contribution in [0.3, 0.4) is 0 Å². The fourth-order valence-corrected chi connectivity index (χ4v) is 1.40. The van der Waals surface area contributed by atoms with Crippen molar-refractivity contribution in [3.63, 3.8) is 0 Å². The molecule has 0 radical (unpaired) electrons. The summed E-state index contributed by atoms with van der Waals surface area (Å²) in [6.45, 7) is -0.306. The van der Waals surface area contributed by atoms with Crippen LogP contribution in [-0.2, 0) is 6.18 Å². The number of nitriles is 1. The predicted molar refractivity (Wildman–Crippen MR) is 56.2 cm³/mol. The van der Waals surface area contributed by atoms with Crippen LogP contribution < -0.4 is 5.73 Å². The first kappa shape index (κ1) is 14.4. The number of hydrogen-bond acceptors (Lipinski definition) is 4. The van der Waals surface area contributed by atoms with Crippen molar-refractivity contribution in [3.05, 3.63) is 34.9 Å². The Morgan fingerprint density at radius 3 is 2.33 bits per heavy atom. The summed E-state index contributed by atoms with van der Waals surface area (Å²) >= 11 is 0. The normalized spacial score (nSPS) is 14.9. The Balaban J connectivity index is 3.25. The van der Waals surface area contributed by atoms with Crippen LogP contribution in [0.15, 0.2) is 18.2 Å². The quantitative estimate of drug-likeness (QED) is 0.754. The van der Waals surface area contributed by atoms with Crippen molar-refractivity contribution in [2.24, 2.45) is 5.73 Å². The summed E-state index contributed by atoms with van der Waals surface area (Å²) < 4.78 is 37.7. The molecule has 4 N–H and O–H groups in total. The van der Waals surface area contributed by atoms with E-state index in [4.69, 9.17) is 11.0 Å². The van der Waals surface area contributed by atoms with Crippen LogP contribution in [0, 0.1) is 11.3 Å². The van der Waals surface area contributed by atoms with Crippen molar-refractivity contribution in [3.8, 4) is 6.07 Å². The molecule has 1 rings (SSSR count). The van der Waals surface area contributed by atoms with Gasteiger partial charge in [-0.15, -0.1) is 0 Å². The van der Waals surface area contributed by atoms with Crippen LogP contribution in [0.2, 0.25) is 0 Å². The van der Waals surface area contributed by atoms with Crippen LogP contribution in [0.1, 0.15) is 22.8 Å². The minimum atomic E-state index is -4.63. The molecule has 0 spiro atoms. The van der Waals surface area contributed by atoms with E-state index >= 15 is 0 Å². The molecule has 1 aromatic carbocycles. The zero-order chi connectivity index (χ0) is 13.9. The first-order chi connectivity index (χ1) is 8.29. The van der Waals surface area contributed by atoms with Crippen molar-refractivity contribution < 1.29 is 23.4 Å². The molecule has 4 nitrogen and oxygen atoms in total. The Bertz CT molecular complexity index is 468. The van der Waals surface area contributed by atoms with Gasteiger partial charge in [0.05, 0.1) is 23.3 Å². The number of alkyl halides is 3. The lowest BCUT2D eigenvalue weighted by atomic mass is 9.99. The van der Waals surface area contributed by atoms with Gasteiger partial charge in [0.25, 0.3) is 0 Å². The van der Waals surface area contributed by atoms with E-state index in [0.717, 1.165) is 6.07 Å². The van der Waals surface area contributed by atoms with Crippen LogP contribution in [-0.4, -0.2) is 22.9 Å². The summed E-state index contributed by atoms with van der Waals surface area (Å²) in [5.74, 6) is 0. The third-order valence-corrected chi connectivity index (χ3v) is 2.36. The summed E-state index contributed by atoms with van der Waals surface area (Å²) in [6, 6.07) is 4.01. The zero-order valence-corrected chi connectivity index (χ0v) is 9.15. The summed E-state index contributed by atoms with van der Waals surface area (Å²) in [5, 5.41) is 27.5. The van der Waals surface area contributed by atoms with Gasteiger partial charge in [0.2, 0.25) is 0 Å². The number of nitrogens with two attached hydrogens (primary N) is 1. The van der Waals surface area contributed by atoms with Gasteiger partial charge in [-0.05, 0) is 23.8 Å². The fraction of sp³-hybridized carbons (Fsp3) is 0.364. The van der Waals surface area contributed by atoms with E-state index in [1.54, 1.807) is 6.07 Å². The second-order valence-corrected chi connectivity index (χ2v) is 3.70. The fourth-order valence-electron chi connectivity index (χ4n) is 1.40. The third-order valence-electron chi connectivity index (χ3n) is 2.36. The maximum Gasteiger partial charge on any atom is 0.416 e. The Morgan fingerprint density at radius 2 is 1.89 bits per heavy atom. The van der Waals surface area contributed by atoms with Gasteiger partial charge in [-0.2, -0.15) is 18.4 Å². The highest BCUT2D eigenvalue weighted by Crippen LogP contribution is 2.32. The van der Waals surface area contributed by atoms with Crippen LogP contribution >= 0.6 is 0 Å². The average Bonchev–Trinajstić information content (AvgIpc) is 2.35. The minimum absolute atomic E-state index is 0.195. The molecule has 0 aliphatic heterocycles. The third kappa shape index (κ3) is 3.20. The highest BCUT2D eigenvalue weighted by atomic mass is 19.4. The van der Waals surface area contributed by atoms with Gasteiger partial charge in [-0.25, -0.2) is 0 Å². The van der Waals surface area contributed by atoms with Gasteiger partial charge in [-0.3, -0.25) is 0 Å². The molecule has 7 heteroatoms. The summed E-state index contributed by atoms with van der Waals surface area (Å²) in [6.07, 6.45) is -7.58. The smallest absolute Gasteiger partial charge is 0.389 e. The number of rotatable bonds is 3. The summed E-state index contributed by atoms with van der Waals surface area (Å²) in [7, 11) is 0. The molecule has 98 valence electrons. The maximum atomic E-state index is 12.6. The molecule has 0 aliphatic rings. The molecule has 0 bridgehead atoms. The van der Waals surface area contributed by atoms with Crippen LogP contribution in [0.5, 0.6) is 0 Å². The summed E-state index contributed by atoms with van der Waals surface area (Å²) in [4.78, 5) is 0.